The van der Waals surface area contributed by atoms with Gasteiger partial charge in [-0.05, 0) is 15.4 Å². The first-order chi connectivity index (χ1) is 14.9. The Labute approximate surface area is 184 Å². The van der Waals surface area contributed by atoms with Gasteiger partial charge in [0.1, 0.15) is 12.7 Å². The van der Waals surface area contributed by atoms with Gasteiger partial charge in [0.05, 0.1) is 13.7 Å². The molecule has 0 N–H and O–H groups in total. The van der Waals surface area contributed by atoms with Crippen LogP contribution in [0, 0.1) is 0 Å². The lowest BCUT2D eigenvalue weighted by molar-refractivity contribution is -0.142. The van der Waals surface area contributed by atoms with E-state index in [1.165, 1.54) is 17.5 Å². The molecular weight excluding hydrogens is 410 g/mol. The number of ether oxygens (including phenoxy) is 3. The molecule has 164 valence electrons. The summed E-state index contributed by atoms with van der Waals surface area (Å²) in [6, 6.07) is 20.4. The maximum absolute atomic E-state index is 11.7. The van der Waals surface area contributed by atoms with Crippen LogP contribution in [0.2, 0.25) is 5.04 Å². The number of epoxide rings is 1. The molecule has 6 nitrogen and oxygen atoms in total. The van der Waals surface area contributed by atoms with Gasteiger partial charge in [0.2, 0.25) is 5.90 Å². The molecule has 0 aromatic heterocycles. The second kappa shape index (κ2) is 8.57. The van der Waals surface area contributed by atoms with E-state index in [2.05, 4.69) is 74.3 Å². The van der Waals surface area contributed by atoms with Crippen LogP contribution in [0.5, 0.6) is 0 Å². The number of esters is 1. The fourth-order valence-electron chi connectivity index (χ4n) is 4.26. The van der Waals surface area contributed by atoms with Crippen molar-refractivity contribution in [3.05, 3.63) is 60.7 Å². The van der Waals surface area contributed by atoms with Crippen LogP contribution >= 0.6 is 0 Å². The summed E-state index contributed by atoms with van der Waals surface area (Å²) in [5, 5.41) is 2.36. The van der Waals surface area contributed by atoms with Crippen LogP contribution in [-0.4, -0.2) is 58.8 Å². The van der Waals surface area contributed by atoms with E-state index in [4.69, 9.17) is 18.6 Å². The molecule has 1 saturated heterocycles. The largest absolute Gasteiger partial charge is 0.476 e. The van der Waals surface area contributed by atoms with Gasteiger partial charge >= 0.3 is 5.97 Å². The van der Waals surface area contributed by atoms with Gasteiger partial charge in [-0.3, -0.25) is 0 Å². The van der Waals surface area contributed by atoms with Crippen molar-refractivity contribution in [2.45, 2.75) is 44.1 Å². The summed E-state index contributed by atoms with van der Waals surface area (Å²) in [6.07, 6.45) is -0.412. The maximum Gasteiger partial charge on any atom is 0.334 e. The first kappa shape index (κ1) is 21.7. The van der Waals surface area contributed by atoms with E-state index >= 15 is 0 Å². The van der Waals surface area contributed by atoms with E-state index in [0.29, 0.717) is 12.5 Å². The van der Waals surface area contributed by atoms with E-state index in [9.17, 15) is 4.79 Å². The third-order valence-electron chi connectivity index (χ3n) is 5.85. The molecule has 0 bridgehead atoms. The monoisotopic (exact) mass is 439 g/mol. The molecule has 0 aliphatic carbocycles. The number of rotatable bonds is 7. The minimum Gasteiger partial charge on any atom is -0.476 e. The Balaban J connectivity index is 1.57. The fraction of sp³-hybridized carbons (Fsp3) is 0.417. The second-order valence-corrected chi connectivity index (χ2v) is 13.2. The van der Waals surface area contributed by atoms with Crippen molar-refractivity contribution >= 4 is 30.6 Å². The van der Waals surface area contributed by atoms with Crippen LogP contribution in [0.1, 0.15) is 20.8 Å². The molecule has 2 heterocycles. The Morgan fingerprint density at radius 2 is 1.65 bits per heavy atom. The van der Waals surface area contributed by atoms with Gasteiger partial charge < -0.3 is 18.6 Å². The average molecular weight is 440 g/mol. The minimum atomic E-state index is -2.61. The molecule has 3 atom stereocenters. The Bertz CT molecular complexity index is 902. The second-order valence-electron chi connectivity index (χ2n) is 8.89. The lowest BCUT2D eigenvalue weighted by atomic mass is 10.2. The molecule has 2 aliphatic rings. The Morgan fingerprint density at radius 3 is 2.16 bits per heavy atom. The highest BCUT2D eigenvalue weighted by molar-refractivity contribution is 6.99. The number of hydrogen-bond donors (Lipinski definition) is 0. The molecular formula is C24H29NO5Si. The van der Waals surface area contributed by atoms with Crippen LogP contribution in [0.15, 0.2) is 65.7 Å². The summed E-state index contributed by atoms with van der Waals surface area (Å²) in [5.74, 6) is 0.0715. The summed E-state index contributed by atoms with van der Waals surface area (Å²) in [4.78, 5) is 16.0. The summed E-state index contributed by atoms with van der Waals surface area (Å²) >= 11 is 0. The third-order valence-corrected chi connectivity index (χ3v) is 10.9. The predicted molar refractivity (Wildman–Crippen MR) is 121 cm³/mol. The summed E-state index contributed by atoms with van der Waals surface area (Å²) in [5.41, 5.74) is 0. The van der Waals surface area contributed by atoms with Crippen molar-refractivity contribution in [2.75, 3.05) is 20.3 Å². The van der Waals surface area contributed by atoms with Crippen molar-refractivity contribution in [3.63, 3.8) is 0 Å². The highest BCUT2D eigenvalue weighted by Crippen LogP contribution is 2.38. The quantitative estimate of drug-likeness (QED) is 0.376. The van der Waals surface area contributed by atoms with Gasteiger partial charge in [-0.1, -0.05) is 81.4 Å². The number of aliphatic imine (C=N–C) groups is 1. The van der Waals surface area contributed by atoms with Crippen LogP contribution in [0.4, 0.5) is 0 Å². The van der Waals surface area contributed by atoms with Crippen molar-refractivity contribution in [2.24, 2.45) is 4.99 Å². The molecule has 7 heteroatoms. The highest BCUT2D eigenvalue weighted by atomic mass is 28.4. The Hall–Kier alpha value is -2.48. The summed E-state index contributed by atoms with van der Waals surface area (Å²) in [7, 11) is -1.26. The first-order valence-electron chi connectivity index (χ1n) is 10.6. The molecule has 0 radical (unpaired) electrons. The van der Waals surface area contributed by atoms with Gasteiger partial charge in [0.15, 0.2) is 12.1 Å². The summed E-state index contributed by atoms with van der Waals surface area (Å²) in [6.45, 7) is 7.37. The molecule has 2 aliphatic heterocycles. The number of methoxy groups -OCH3 is 1. The van der Waals surface area contributed by atoms with Gasteiger partial charge in [-0.15, -0.1) is 0 Å². The first-order valence-corrected chi connectivity index (χ1v) is 12.5. The maximum atomic E-state index is 11.7. The number of benzene rings is 2. The summed E-state index contributed by atoms with van der Waals surface area (Å²) < 4.78 is 23.1. The van der Waals surface area contributed by atoms with E-state index in [0.717, 1.165) is 0 Å². The van der Waals surface area contributed by atoms with Crippen LogP contribution in [0.25, 0.3) is 0 Å². The number of carbonyl (C=O) groups is 1. The fourth-order valence-corrected chi connectivity index (χ4v) is 8.83. The third kappa shape index (κ3) is 4.17. The van der Waals surface area contributed by atoms with Crippen LogP contribution in [-0.2, 0) is 23.4 Å². The van der Waals surface area contributed by atoms with Gasteiger partial charge in [0, 0.05) is 0 Å². The van der Waals surface area contributed by atoms with Crippen molar-refractivity contribution in [3.8, 4) is 0 Å². The zero-order valence-electron chi connectivity index (χ0n) is 18.4. The molecule has 0 saturated carbocycles. The standard InChI is InChI=1S/C24H29NO5Si/c1-24(2,3)31(17-11-7-5-8-12-17,18-13-9-6-10-14-18)29-16-20-21(30-20)22-25-19(15-28-22)23(26)27-4/h5-14,19-21H,15-16H2,1-4H3/t19-,20+,21-/m0/s1. The number of hydrogen-bond acceptors (Lipinski definition) is 6. The lowest BCUT2D eigenvalue weighted by Gasteiger charge is -2.43. The molecule has 0 amide bonds. The molecule has 2 aromatic rings. The van der Waals surface area contributed by atoms with E-state index < -0.39 is 20.3 Å². The van der Waals surface area contributed by atoms with Gasteiger partial charge in [-0.25, -0.2) is 9.79 Å². The van der Waals surface area contributed by atoms with Crippen LogP contribution < -0.4 is 10.4 Å². The van der Waals surface area contributed by atoms with E-state index in [-0.39, 0.29) is 23.9 Å². The molecule has 2 aromatic carbocycles. The minimum absolute atomic E-state index is 0.0998. The van der Waals surface area contributed by atoms with Crippen molar-refractivity contribution in [1.82, 2.24) is 0 Å². The van der Waals surface area contributed by atoms with E-state index in [1.807, 2.05) is 12.1 Å². The average Bonchev–Trinajstić information content (AvgIpc) is 3.38. The zero-order chi connectivity index (χ0) is 22.1. The smallest absolute Gasteiger partial charge is 0.334 e. The van der Waals surface area contributed by atoms with Gasteiger partial charge in [-0.2, -0.15) is 0 Å². The molecule has 0 unspecified atom stereocenters. The molecule has 31 heavy (non-hydrogen) atoms. The van der Waals surface area contributed by atoms with Crippen molar-refractivity contribution < 1.29 is 23.4 Å². The van der Waals surface area contributed by atoms with E-state index in [1.54, 1.807) is 0 Å². The lowest BCUT2D eigenvalue weighted by Crippen LogP contribution is -2.66. The number of nitrogens with zero attached hydrogens (tertiary/aromatic N) is 1. The van der Waals surface area contributed by atoms with Crippen LogP contribution in [0.3, 0.4) is 0 Å². The molecule has 0 spiro atoms. The number of carbonyl (C=O) groups excluding carboxylic acids is 1. The zero-order valence-corrected chi connectivity index (χ0v) is 19.4. The topological polar surface area (TPSA) is 69.7 Å². The van der Waals surface area contributed by atoms with Gasteiger partial charge in [0.25, 0.3) is 8.32 Å². The predicted octanol–water partition coefficient (Wildman–Crippen LogP) is 2.30. The highest BCUT2D eigenvalue weighted by Gasteiger charge is 2.53. The Morgan fingerprint density at radius 1 is 1.06 bits per heavy atom. The molecule has 1 fully saturated rings. The SMILES string of the molecule is COC(=O)[C@@H]1COC([C@H]2O[C@@H]2CO[Si](c2ccccc2)(c2ccccc2)C(C)(C)C)=N1. The van der Waals surface area contributed by atoms with Crippen molar-refractivity contribution in [1.29, 1.82) is 0 Å². The molecule has 4 rings (SSSR count). The Kier molecular flexibility index (Phi) is 6.01. The normalized spacial score (nSPS) is 23.1.